The molecular weight excluding hydrogens is 318 g/mol. The lowest BCUT2D eigenvalue weighted by atomic mass is 10.1. The molecule has 4 atom stereocenters. The molecule has 0 unspecified atom stereocenters. The van der Waals surface area contributed by atoms with Crippen LogP contribution in [0.4, 0.5) is 5.95 Å². The molecule has 10 nitrogen and oxygen atoms in total. The van der Waals surface area contributed by atoms with Gasteiger partial charge in [0.05, 0.1) is 12.2 Å². The number of H-pyrrole nitrogens is 1. The quantitative estimate of drug-likeness (QED) is 0.477. The van der Waals surface area contributed by atoms with E-state index >= 15 is 0 Å². The number of rotatable bonds is 3. The van der Waals surface area contributed by atoms with Crippen molar-refractivity contribution in [2.45, 2.75) is 24.5 Å². The van der Waals surface area contributed by atoms with Gasteiger partial charge < -0.3 is 20.7 Å². The van der Waals surface area contributed by atoms with Crippen LogP contribution >= 0.6 is 11.6 Å². The van der Waals surface area contributed by atoms with E-state index in [1.165, 1.54) is 10.9 Å². The number of imidazole rings is 1. The van der Waals surface area contributed by atoms with Gasteiger partial charge in [0.25, 0.3) is 5.56 Å². The van der Waals surface area contributed by atoms with Gasteiger partial charge >= 0.3 is 0 Å². The largest absolute Gasteiger partial charge is 0.387 e. The summed E-state index contributed by atoms with van der Waals surface area (Å²) >= 11 is 5.44. The van der Waals surface area contributed by atoms with Gasteiger partial charge in [-0.2, -0.15) is 4.98 Å². The second kappa shape index (κ2) is 5.32. The molecule has 0 saturated carbocycles. The van der Waals surface area contributed by atoms with Crippen molar-refractivity contribution in [1.29, 1.82) is 0 Å². The first-order chi connectivity index (χ1) is 10.4. The van der Waals surface area contributed by atoms with Crippen LogP contribution in [0.1, 0.15) is 6.23 Å². The fourth-order valence-electron chi connectivity index (χ4n) is 2.36. The van der Waals surface area contributed by atoms with Crippen molar-refractivity contribution >= 4 is 34.5 Å². The molecule has 3 heterocycles. The van der Waals surface area contributed by atoms with Crippen molar-refractivity contribution < 1.29 is 19.7 Å². The molecule has 1 aliphatic rings. The second-order valence-corrected chi connectivity index (χ2v) is 5.07. The van der Waals surface area contributed by atoms with Gasteiger partial charge in [-0.15, -0.1) is 11.6 Å². The van der Waals surface area contributed by atoms with Crippen molar-refractivity contribution in [3.8, 4) is 0 Å². The van der Waals surface area contributed by atoms with Crippen molar-refractivity contribution in [1.82, 2.24) is 19.5 Å². The number of Topliss-reactive ketones (excluding diaryl/α,β-unsaturated/α-hetero) is 1. The lowest BCUT2D eigenvalue weighted by Crippen LogP contribution is -2.36. The van der Waals surface area contributed by atoms with E-state index in [4.69, 9.17) is 22.1 Å². The Morgan fingerprint density at radius 2 is 2.23 bits per heavy atom. The smallest absolute Gasteiger partial charge is 0.280 e. The zero-order valence-corrected chi connectivity index (χ0v) is 11.8. The molecule has 0 bridgehead atoms. The van der Waals surface area contributed by atoms with Gasteiger partial charge in [-0.1, -0.05) is 0 Å². The van der Waals surface area contributed by atoms with Gasteiger partial charge in [0.15, 0.2) is 23.2 Å². The molecule has 1 saturated heterocycles. The van der Waals surface area contributed by atoms with E-state index in [1.807, 2.05) is 0 Å². The Balaban J connectivity index is 2.05. The predicted molar refractivity (Wildman–Crippen MR) is 74.2 cm³/mol. The van der Waals surface area contributed by atoms with Crippen molar-refractivity contribution in [2.24, 2.45) is 0 Å². The fraction of sp³-hybridized carbons (Fsp3) is 0.455. The van der Waals surface area contributed by atoms with Crippen LogP contribution in [0.2, 0.25) is 0 Å². The van der Waals surface area contributed by atoms with Gasteiger partial charge in [0, 0.05) is 0 Å². The summed E-state index contributed by atoms with van der Waals surface area (Å²) in [6, 6.07) is 0. The number of carbonyl (C=O) groups excluding carboxylic acids is 1. The highest BCUT2D eigenvalue weighted by molar-refractivity contribution is 6.28. The van der Waals surface area contributed by atoms with Gasteiger partial charge in [0.2, 0.25) is 5.95 Å². The van der Waals surface area contributed by atoms with Gasteiger partial charge in [0.1, 0.15) is 18.3 Å². The number of ether oxygens (including phenoxy) is 1. The van der Waals surface area contributed by atoms with E-state index < -0.39 is 35.9 Å². The SMILES string of the molecule is Nc1nc2c(ncn2[C@@H]2O[C@H](C(=O)CCl)[C@@H](O)[C@H]2O)c(=O)[nH]1. The summed E-state index contributed by atoms with van der Waals surface area (Å²) in [5, 5.41) is 20.0. The number of aromatic amines is 1. The van der Waals surface area contributed by atoms with Crippen LogP contribution in [-0.4, -0.2) is 59.7 Å². The number of anilines is 1. The van der Waals surface area contributed by atoms with E-state index in [9.17, 15) is 19.8 Å². The maximum absolute atomic E-state index is 11.7. The number of fused-ring (bicyclic) bond motifs is 1. The van der Waals surface area contributed by atoms with Crippen molar-refractivity contribution in [3.05, 3.63) is 16.7 Å². The molecule has 22 heavy (non-hydrogen) atoms. The summed E-state index contributed by atoms with van der Waals surface area (Å²) in [6.45, 7) is 0. The molecule has 1 fully saturated rings. The second-order valence-electron chi connectivity index (χ2n) is 4.80. The Kier molecular flexibility index (Phi) is 3.60. The first-order valence-corrected chi connectivity index (χ1v) is 6.80. The number of nitrogens with one attached hydrogen (secondary N) is 1. The van der Waals surface area contributed by atoms with E-state index in [2.05, 4.69) is 15.0 Å². The minimum absolute atomic E-state index is 0.00777. The first kappa shape index (κ1) is 14.9. The lowest BCUT2D eigenvalue weighted by molar-refractivity contribution is -0.132. The van der Waals surface area contributed by atoms with Crippen LogP contribution in [0.5, 0.6) is 0 Å². The number of carbonyl (C=O) groups is 1. The molecule has 0 radical (unpaired) electrons. The van der Waals surface area contributed by atoms with Crippen LogP contribution in [0.3, 0.4) is 0 Å². The summed E-state index contributed by atoms with van der Waals surface area (Å²) in [7, 11) is 0. The maximum Gasteiger partial charge on any atom is 0.280 e. The number of aliphatic hydroxyl groups is 2. The summed E-state index contributed by atoms with van der Waals surface area (Å²) < 4.78 is 6.60. The first-order valence-electron chi connectivity index (χ1n) is 6.26. The fourth-order valence-corrected chi connectivity index (χ4v) is 2.51. The molecule has 2 aromatic heterocycles. The topological polar surface area (TPSA) is 156 Å². The van der Waals surface area contributed by atoms with E-state index in [1.54, 1.807) is 0 Å². The third kappa shape index (κ3) is 2.16. The van der Waals surface area contributed by atoms with Gasteiger partial charge in [-0.3, -0.25) is 19.1 Å². The molecule has 11 heteroatoms. The Bertz CT molecular complexity index is 789. The van der Waals surface area contributed by atoms with E-state index in [0.717, 1.165) is 0 Å². The number of hydrogen-bond donors (Lipinski definition) is 4. The van der Waals surface area contributed by atoms with E-state index in [0.29, 0.717) is 0 Å². The number of ketones is 1. The standard InChI is InChI=1S/C11H12ClN5O5/c12-1-3(18)7-5(19)6(20)10(22-7)17-2-14-4-8(17)15-11(13)16-9(4)21/h2,5-7,10,19-20H,1H2,(H3,13,15,16,21)/t5-,6+,7+,10+/m0/s1. The predicted octanol–water partition coefficient (Wildman–Crippen LogP) is -1.87. The minimum Gasteiger partial charge on any atom is -0.387 e. The average Bonchev–Trinajstić information content (AvgIpc) is 3.01. The number of aromatic nitrogens is 4. The average molecular weight is 330 g/mol. The monoisotopic (exact) mass is 329 g/mol. The highest BCUT2D eigenvalue weighted by Crippen LogP contribution is 2.31. The zero-order valence-electron chi connectivity index (χ0n) is 11.0. The number of nitrogens with two attached hydrogens (primary N) is 1. The number of nitrogens with zero attached hydrogens (tertiary/aromatic N) is 3. The van der Waals surface area contributed by atoms with Gasteiger partial charge in [-0.25, -0.2) is 4.98 Å². The van der Waals surface area contributed by atoms with Crippen LogP contribution in [-0.2, 0) is 9.53 Å². The summed E-state index contributed by atoms with van der Waals surface area (Å²) in [5.41, 5.74) is 4.98. The van der Waals surface area contributed by atoms with Crippen molar-refractivity contribution in [3.63, 3.8) is 0 Å². The molecule has 2 aromatic rings. The van der Waals surface area contributed by atoms with Crippen LogP contribution in [0.15, 0.2) is 11.1 Å². The molecule has 0 aromatic carbocycles. The Morgan fingerprint density at radius 3 is 2.91 bits per heavy atom. The molecular formula is C11H12ClN5O5. The number of aliphatic hydroxyl groups excluding tert-OH is 2. The molecule has 5 N–H and O–H groups in total. The third-order valence-electron chi connectivity index (χ3n) is 3.41. The zero-order chi connectivity index (χ0) is 16.0. The van der Waals surface area contributed by atoms with Crippen LogP contribution in [0.25, 0.3) is 11.2 Å². The molecule has 1 aliphatic heterocycles. The summed E-state index contributed by atoms with van der Waals surface area (Å²) in [6.07, 6.45) is -4.08. The Morgan fingerprint density at radius 1 is 1.50 bits per heavy atom. The highest BCUT2D eigenvalue weighted by atomic mass is 35.5. The molecule has 0 spiro atoms. The molecule has 0 amide bonds. The third-order valence-corrected chi connectivity index (χ3v) is 3.68. The van der Waals surface area contributed by atoms with E-state index in [-0.39, 0.29) is 23.0 Å². The van der Waals surface area contributed by atoms with Crippen molar-refractivity contribution in [2.75, 3.05) is 11.6 Å². The van der Waals surface area contributed by atoms with Gasteiger partial charge in [-0.05, 0) is 0 Å². The van der Waals surface area contributed by atoms with Crippen LogP contribution in [0, 0.1) is 0 Å². The number of alkyl halides is 1. The lowest BCUT2D eigenvalue weighted by Gasteiger charge is -2.16. The Hall–Kier alpha value is -2.01. The minimum atomic E-state index is -1.45. The molecule has 118 valence electrons. The summed E-state index contributed by atoms with van der Waals surface area (Å²) in [4.78, 5) is 33.4. The summed E-state index contributed by atoms with van der Waals surface area (Å²) in [5.74, 6) is -1.07. The number of hydrogen-bond acceptors (Lipinski definition) is 8. The normalized spacial score (nSPS) is 28.3. The Labute approximate surface area is 127 Å². The number of halogens is 1. The maximum atomic E-state index is 11.7. The molecule has 0 aliphatic carbocycles. The molecule has 3 rings (SSSR count). The number of nitrogen functional groups attached to an aromatic ring is 1. The van der Waals surface area contributed by atoms with Crippen LogP contribution < -0.4 is 11.3 Å². The highest BCUT2D eigenvalue weighted by Gasteiger charge is 2.47.